The van der Waals surface area contributed by atoms with Gasteiger partial charge < -0.3 is 42.3 Å². The van der Waals surface area contributed by atoms with Crippen LogP contribution in [0.5, 0.6) is 0 Å². The fraction of sp³-hybridized carbons (Fsp3) is 0.714. The van der Waals surface area contributed by atoms with E-state index in [1.165, 1.54) is 9.80 Å². The predicted molar refractivity (Wildman–Crippen MR) is 85.1 cm³/mol. The van der Waals surface area contributed by atoms with Gasteiger partial charge in [-0.2, -0.15) is 0 Å². The van der Waals surface area contributed by atoms with E-state index in [-0.39, 0.29) is 81.5 Å². The first-order valence-electron chi connectivity index (χ1n) is 7.68. The van der Waals surface area contributed by atoms with Crippen LogP contribution < -0.4 is 42.0 Å². The summed E-state index contributed by atoms with van der Waals surface area (Å²) < 4.78 is 10.4. The van der Waals surface area contributed by atoms with Gasteiger partial charge in [0, 0.05) is 13.1 Å². The van der Waals surface area contributed by atoms with Crippen molar-refractivity contribution in [2.45, 2.75) is 0 Å². The van der Waals surface area contributed by atoms with Crippen molar-refractivity contribution < 1.29 is 91.0 Å². The summed E-state index contributed by atoms with van der Waals surface area (Å²) in [7, 11) is 0. The molecule has 0 fully saturated rings. The number of carboxylic acids is 4. The van der Waals surface area contributed by atoms with E-state index in [2.05, 4.69) is 0 Å². The molecule has 0 amide bonds. The van der Waals surface area contributed by atoms with Crippen molar-refractivity contribution in [3.8, 4) is 0 Å². The van der Waals surface area contributed by atoms with Crippen LogP contribution in [0.4, 0.5) is 0 Å². The summed E-state index contributed by atoms with van der Waals surface area (Å²) >= 11 is 0. The first-order chi connectivity index (χ1) is 12.2. The minimum absolute atomic E-state index is 0. The predicted octanol–water partition coefficient (Wildman–Crippen LogP) is -8.03. The third-order valence-corrected chi connectivity index (χ3v) is 2.91. The van der Waals surface area contributed by atoms with Crippen LogP contribution in [0.25, 0.3) is 0 Å². The Balaban J connectivity index is -0.00000312. The fourth-order valence-corrected chi connectivity index (χ4v) is 1.90. The number of rotatable bonds is 17. The molecule has 0 saturated carbocycles. The molecule has 0 aliphatic carbocycles. The van der Waals surface area contributed by atoms with Crippen LogP contribution in [-0.2, 0) is 28.7 Å². The van der Waals surface area contributed by atoms with Crippen LogP contribution in [0, 0.1) is 0 Å². The van der Waals surface area contributed by atoms with Crippen molar-refractivity contribution in [3.05, 3.63) is 0 Å². The molecule has 0 aliphatic rings. The average Bonchev–Trinajstić information content (AvgIpc) is 2.47. The number of carbonyl (C=O) groups is 4. The average molecular weight is 439 g/mol. The van der Waals surface area contributed by atoms with Crippen LogP contribution in [0.15, 0.2) is 0 Å². The second-order valence-corrected chi connectivity index (χ2v) is 5.22. The number of nitrogens with zero attached hydrogens (tertiary/aromatic N) is 2. The Morgan fingerprint density at radius 3 is 1.04 bits per heavy atom. The molecule has 0 aliphatic heterocycles. The molecule has 0 spiro atoms. The van der Waals surface area contributed by atoms with E-state index in [0.29, 0.717) is 0 Å². The molecule has 14 heteroatoms. The first kappa shape index (κ1) is 31.7. The Morgan fingerprint density at radius 2 is 0.821 bits per heavy atom. The molecule has 0 radical (unpaired) electrons. The van der Waals surface area contributed by atoms with Crippen molar-refractivity contribution in [2.24, 2.45) is 0 Å². The number of aliphatic carboxylic acids is 4. The van der Waals surface area contributed by atoms with Crippen LogP contribution in [0.2, 0.25) is 0 Å². The van der Waals surface area contributed by atoms with Gasteiger partial charge in [0.2, 0.25) is 0 Å². The van der Waals surface area contributed by atoms with Crippen molar-refractivity contribution in [1.29, 1.82) is 0 Å². The fourth-order valence-electron chi connectivity index (χ4n) is 1.90. The Labute approximate surface area is 190 Å². The maximum absolute atomic E-state index is 10.6. The topological polar surface area (TPSA) is 174 Å². The van der Waals surface area contributed by atoms with Crippen LogP contribution in [-0.4, -0.2) is 120 Å². The zero-order valence-electron chi connectivity index (χ0n) is 15.6. The first-order valence-corrected chi connectivity index (χ1v) is 7.68. The maximum atomic E-state index is 10.6. The number of hydrogen-bond donors (Lipinski definition) is 4. The van der Waals surface area contributed by atoms with Gasteiger partial charge in [0.1, 0.15) is 0 Å². The van der Waals surface area contributed by atoms with Crippen LogP contribution >= 0.6 is 0 Å². The van der Waals surface area contributed by atoms with E-state index < -0.39 is 50.1 Å². The molecule has 0 saturated heterocycles. The van der Waals surface area contributed by atoms with Gasteiger partial charge in [-0.1, -0.05) is 0 Å². The molecule has 0 unspecified atom stereocenters. The number of carboxylic acid groups (broad SMARTS) is 4. The summed E-state index contributed by atoms with van der Waals surface area (Å²) in [5, 5.41) is 34.7. The zero-order valence-corrected chi connectivity index (χ0v) is 18.3. The SMILES string of the molecule is O=C(O)CN(CCOCCOCCN(CC(=O)O)CC(=O)O)CC(=O)O.[Cl-].[Na+]. The van der Waals surface area contributed by atoms with Gasteiger partial charge in [0.05, 0.1) is 52.6 Å². The molecule has 12 nitrogen and oxygen atoms in total. The molecule has 158 valence electrons. The molecular weight excluding hydrogens is 415 g/mol. The third-order valence-electron chi connectivity index (χ3n) is 2.91. The van der Waals surface area contributed by atoms with E-state index in [0.717, 1.165) is 0 Å². The zero-order chi connectivity index (χ0) is 19.9. The van der Waals surface area contributed by atoms with Gasteiger partial charge in [-0.25, -0.2) is 0 Å². The normalized spacial score (nSPS) is 10.2. The van der Waals surface area contributed by atoms with Gasteiger partial charge >= 0.3 is 53.4 Å². The van der Waals surface area contributed by atoms with E-state index in [1.807, 2.05) is 0 Å². The standard InChI is InChI=1S/C14H24N2O10.ClH.Na/c17-11(18)7-15(8-12(19)20)1-3-25-5-6-26-4-2-16(9-13(21)22)10-14(23)24;;/h1-10H2,(H,17,18)(H,19,20)(H,21,22)(H,23,24);1H;/q;;+1/p-1. The monoisotopic (exact) mass is 438 g/mol. The molecule has 0 heterocycles. The summed E-state index contributed by atoms with van der Waals surface area (Å²) in [5.74, 6) is -4.55. The number of halogens is 1. The summed E-state index contributed by atoms with van der Waals surface area (Å²) in [6, 6.07) is 0. The Bertz CT molecular complexity index is 409. The van der Waals surface area contributed by atoms with Gasteiger partial charge in [0.25, 0.3) is 0 Å². The molecule has 4 N–H and O–H groups in total. The second-order valence-electron chi connectivity index (χ2n) is 5.22. The van der Waals surface area contributed by atoms with E-state index in [9.17, 15) is 19.2 Å². The number of ether oxygens (including phenoxy) is 2. The van der Waals surface area contributed by atoms with Gasteiger partial charge in [-0.3, -0.25) is 29.0 Å². The summed E-state index contributed by atoms with van der Waals surface area (Å²) in [5.41, 5.74) is 0. The van der Waals surface area contributed by atoms with Crippen molar-refractivity contribution in [1.82, 2.24) is 9.80 Å². The molecule has 0 rings (SSSR count). The Hall–Kier alpha value is -0.990. The Kier molecular flexibility index (Phi) is 21.9. The quantitative estimate of drug-likeness (QED) is 0.125. The molecule has 0 aromatic carbocycles. The summed E-state index contributed by atoms with van der Waals surface area (Å²) in [6.07, 6.45) is 0. The summed E-state index contributed by atoms with van der Waals surface area (Å²) in [6.45, 7) is -0.790. The largest absolute Gasteiger partial charge is 1.00 e. The van der Waals surface area contributed by atoms with E-state index in [4.69, 9.17) is 29.9 Å². The van der Waals surface area contributed by atoms with Gasteiger partial charge in [-0.15, -0.1) is 0 Å². The van der Waals surface area contributed by atoms with Crippen molar-refractivity contribution in [3.63, 3.8) is 0 Å². The van der Waals surface area contributed by atoms with Crippen molar-refractivity contribution in [2.75, 3.05) is 65.7 Å². The third kappa shape index (κ3) is 21.3. The molecule has 0 aromatic heterocycles. The maximum Gasteiger partial charge on any atom is 1.00 e. The van der Waals surface area contributed by atoms with Crippen LogP contribution in [0.3, 0.4) is 0 Å². The molecule has 0 bridgehead atoms. The van der Waals surface area contributed by atoms with E-state index >= 15 is 0 Å². The van der Waals surface area contributed by atoms with E-state index in [1.54, 1.807) is 0 Å². The number of hydrogen-bond acceptors (Lipinski definition) is 8. The van der Waals surface area contributed by atoms with Gasteiger partial charge in [0.15, 0.2) is 0 Å². The molecule has 28 heavy (non-hydrogen) atoms. The molecular formula is C14H24ClN2NaO10. The van der Waals surface area contributed by atoms with Crippen molar-refractivity contribution >= 4 is 23.9 Å². The Morgan fingerprint density at radius 1 is 0.571 bits per heavy atom. The molecule has 0 atom stereocenters. The van der Waals surface area contributed by atoms with Crippen LogP contribution in [0.1, 0.15) is 0 Å². The van der Waals surface area contributed by atoms with Gasteiger partial charge in [-0.05, 0) is 0 Å². The molecule has 0 aromatic rings. The minimum Gasteiger partial charge on any atom is -1.00 e. The minimum atomic E-state index is -1.14. The smallest absolute Gasteiger partial charge is 1.00 e. The summed E-state index contributed by atoms with van der Waals surface area (Å²) in [4.78, 5) is 44.9. The second kappa shape index (κ2) is 19.3.